The first-order chi connectivity index (χ1) is 11.7. The van der Waals surface area contributed by atoms with Crippen molar-refractivity contribution in [3.05, 3.63) is 65.6 Å². The van der Waals surface area contributed by atoms with Gasteiger partial charge in [-0.15, -0.1) is 0 Å². The van der Waals surface area contributed by atoms with E-state index in [-0.39, 0.29) is 5.91 Å². The van der Waals surface area contributed by atoms with Gasteiger partial charge in [-0.25, -0.2) is 0 Å². The number of fused-ring (bicyclic) bond motifs is 3. The molecule has 0 saturated heterocycles. The van der Waals surface area contributed by atoms with E-state index in [1.54, 1.807) is 10.9 Å². The third-order valence-electron chi connectivity index (χ3n) is 4.03. The molecule has 2 aromatic heterocycles. The summed E-state index contributed by atoms with van der Waals surface area (Å²) in [5.41, 5.74) is 3.90. The van der Waals surface area contributed by atoms with Crippen LogP contribution in [0.2, 0.25) is 0 Å². The Hall–Kier alpha value is -3.15. The first kappa shape index (κ1) is 14.4. The topological polar surface area (TPSA) is 69.0 Å². The second kappa shape index (κ2) is 5.81. The second-order valence-electron chi connectivity index (χ2n) is 5.59. The number of aryl methyl sites for hydroxylation is 1. The monoisotopic (exact) mass is 320 g/mol. The van der Waals surface area contributed by atoms with E-state index in [1.165, 1.54) is 0 Å². The number of benzene rings is 1. The van der Waals surface area contributed by atoms with Gasteiger partial charge in [0.2, 0.25) is 0 Å². The molecule has 0 radical (unpaired) electrons. The van der Waals surface area contributed by atoms with Gasteiger partial charge in [0, 0.05) is 24.4 Å². The van der Waals surface area contributed by atoms with Gasteiger partial charge in [-0.05, 0) is 24.3 Å². The third kappa shape index (κ3) is 2.42. The normalized spacial score (nSPS) is 12.0. The number of nitrogens with one attached hydrogen (secondary N) is 1. The van der Waals surface area contributed by atoms with Crippen molar-refractivity contribution in [3.8, 4) is 17.0 Å². The molecule has 0 aliphatic carbocycles. The fourth-order valence-corrected chi connectivity index (χ4v) is 2.92. The summed E-state index contributed by atoms with van der Waals surface area (Å²) in [5.74, 6) is 0.592. The summed E-state index contributed by atoms with van der Waals surface area (Å²) in [7, 11) is 1.84. The lowest BCUT2D eigenvalue weighted by molar-refractivity contribution is 0.0942. The number of carbonyl (C=O) groups is 1. The third-order valence-corrected chi connectivity index (χ3v) is 4.03. The Kier molecular flexibility index (Phi) is 3.49. The van der Waals surface area contributed by atoms with Crippen molar-refractivity contribution in [2.45, 2.75) is 13.2 Å². The van der Waals surface area contributed by atoms with E-state index in [0.29, 0.717) is 18.8 Å². The fourth-order valence-electron chi connectivity index (χ4n) is 2.92. The minimum absolute atomic E-state index is 0.222. The van der Waals surface area contributed by atoms with E-state index >= 15 is 0 Å². The first-order valence-corrected chi connectivity index (χ1v) is 7.70. The smallest absolute Gasteiger partial charge is 0.272 e. The Morgan fingerprint density at radius 3 is 2.92 bits per heavy atom. The number of hydrogen-bond donors (Lipinski definition) is 1. The van der Waals surface area contributed by atoms with Crippen LogP contribution in [0.5, 0.6) is 5.75 Å². The number of carbonyl (C=O) groups excluding carboxylic acids is 1. The molecule has 1 aromatic carbocycles. The van der Waals surface area contributed by atoms with Gasteiger partial charge in [0.1, 0.15) is 12.4 Å². The maximum atomic E-state index is 12.5. The van der Waals surface area contributed by atoms with Crippen LogP contribution in [0, 0.1) is 0 Å². The summed E-state index contributed by atoms with van der Waals surface area (Å²) < 4.78 is 7.51. The Labute approximate surface area is 139 Å². The van der Waals surface area contributed by atoms with Crippen LogP contribution in [0.25, 0.3) is 11.3 Å². The highest BCUT2D eigenvalue weighted by Crippen LogP contribution is 2.38. The average molecular weight is 320 g/mol. The number of ether oxygens (including phenoxy) is 1. The summed E-state index contributed by atoms with van der Waals surface area (Å²) in [5, 5.41) is 7.28. The van der Waals surface area contributed by atoms with Gasteiger partial charge < -0.3 is 10.1 Å². The van der Waals surface area contributed by atoms with Gasteiger partial charge in [-0.3, -0.25) is 14.5 Å². The molecule has 1 aliphatic heterocycles. The van der Waals surface area contributed by atoms with Gasteiger partial charge >= 0.3 is 0 Å². The van der Waals surface area contributed by atoms with Crippen LogP contribution in [-0.4, -0.2) is 20.7 Å². The van der Waals surface area contributed by atoms with Crippen molar-refractivity contribution in [2.24, 2.45) is 7.05 Å². The van der Waals surface area contributed by atoms with Crippen molar-refractivity contribution in [3.63, 3.8) is 0 Å². The van der Waals surface area contributed by atoms with Crippen molar-refractivity contribution in [1.82, 2.24) is 20.1 Å². The number of hydrogen-bond acceptors (Lipinski definition) is 4. The van der Waals surface area contributed by atoms with Crippen LogP contribution < -0.4 is 10.1 Å². The van der Waals surface area contributed by atoms with Crippen LogP contribution in [0.1, 0.15) is 21.7 Å². The molecule has 6 nitrogen and oxygen atoms in total. The molecule has 0 bridgehead atoms. The molecule has 0 spiro atoms. The van der Waals surface area contributed by atoms with Crippen LogP contribution in [0.3, 0.4) is 0 Å². The molecule has 24 heavy (non-hydrogen) atoms. The van der Waals surface area contributed by atoms with E-state index in [4.69, 9.17) is 4.74 Å². The quantitative estimate of drug-likeness (QED) is 0.804. The van der Waals surface area contributed by atoms with E-state index < -0.39 is 0 Å². The SMILES string of the molecule is Cn1nc(C(=O)NCc2ccccn2)c2c1-c1ccccc1OC2. The molecule has 4 rings (SSSR count). The lowest BCUT2D eigenvalue weighted by Crippen LogP contribution is -2.25. The molecule has 0 unspecified atom stereocenters. The zero-order valence-corrected chi connectivity index (χ0v) is 13.2. The summed E-state index contributed by atoms with van der Waals surface area (Å²) >= 11 is 0. The standard InChI is InChI=1S/C18H16N4O2/c1-22-17-13-7-2-3-8-15(13)24-11-14(17)16(21-22)18(23)20-10-12-6-4-5-9-19-12/h2-9H,10-11H2,1H3,(H,20,23). The molecule has 3 heterocycles. The van der Waals surface area contributed by atoms with Crippen molar-refractivity contribution >= 4 is 5.91 Å². The van der Waals surface area contributed by atoms with E-state index in [9.17, 15) is 4.79 Å². The Morgan fingerprint density at radius 2 is 2.08 bits per heavy atom. The number of rotatable bonds is 3. The van der Waals surface area contributed by atoms with E-state index in [1.807, 2.05) is 49.5 Å². The van der Waals surface area contributed by atoms with Gasteiger partial charge in [0.15, 0.2) is 5.69 Å². The lowest BCUT2D eigenvalue weighted by atomic mass is 10.0. The Morgan fingerprint density at radius 1 is 1.25 bits per heavy atom. The summed E-state index contributed by atoms with van der Waals surface area (Å²) in [6, 6.07) is 13.4. The second-order valence-corrected chi connectivity index (χ2v) is 5.59. The number of aromatic nitrogens is 3. The maximum Gasteiger partial charge on any atom is 0.272 e. The zero-order chi connectivity index (χ0) is 16.5. The molecule has 6 heteroatoms. The highest BCUT2D eigenvalue weighted by molar-refractivity contribution is 5.96. The molecule has 1 aliphatic rings. The predicted molar refractivity (Wildman–Crippen MR) is 88.4 cm³/mol. The number of nitrogens with zero attached hydrogens (tertiary/aromatic N) is 3. The predicted octanol–water partition coefficient (Wildman–Crippen LogP) is 2.30. The van der Waals surface area contributed by atoms with Crippen LogP contribution in [-0.2, 0) is 20.2 Å². The van der Waals surface area contributed by atoms with Gasteiger partial charge in [0.25, 0.3) is 5.91 Å². The van der Waals surface area contributed by atoms with E-state index in [2.05, 4.69) is 15.4 Å². The molecule has 0 atom stereocenters. The molecule has 0 fully saturated rings. The number of amides is 1. The summed E-state index contributed by atoms with van der Waals surface area (Å²) in [6.07, 6.45) is 1.70. The largest absolute Gasteiger partial charge is 0.488 e. The number of pyridine rings is 1. The average Bonchev–Trinajstić information content (AvgIpc) is 2.98. The molecule has 1 amide bonds. The van der Waals surface area contributed by atoms with Gasteiger partial charge in [-0.1, -0.05) is 18.2 Å². The van der Waals surface area contributed by atoms with Crippen LogP contribution in [0.4, 0.5) is 0 Å². The molecule has 120 valence electrons. The number of para-hydroxylation sites is 1. The Bertz CT molecular complexity index is 903. The lowest BCUT2D eigenvalue weighted by Gasteiger charge is -2.18. The zero-order valence-electron chi connectivity index (χ0n) is 13.2. The van der Waals surface area contributed by atoms with E-state index in [0.717, 1.165) is 28.3 Å². The summed E-state index contributed by atoms with van der Waals surface area (Å²) in [6.45, 7) is 0.703. The fraction of sp³-hybridized carbons (Fsp3) is 0.167. The van der Waals surface area contributed by atoms with Crippen molar-refractivity contribution < 1.29 is 9.53 Å². The van der Waals surface area contributed by atoms with Crippen LogP contribution in [0.15, 0.2) is 48.7 Å². The van der Waals surface area contributed by atoms with Gasteiger partial charge in [-0.2, -0.15) is 5.10 Å². The highest BCUT2D eigenvalue weighted by Gasteiger charge is 2.27. The minimum Gasteiger partial charge on any atom is -0.488 e. The summed E-state index contributed by atoms with van der Waals surface area (Å²) in [4.78, 5) is 16.7. The van der Waals surface area contributed by atoms with Crippen molar-refractivity contribution in [1.29, 1.82) is 0 Å². The Balaban J connectivity index is 1.63. The molecule has 0 saturated carbocycles. The molecule has 3 aromatic rings. The molecular formula is C18H16N4O2. The first-order valence-electron chi connectivity index (χ1n) is 7.70. The molecule has 1 N–H and O–H groups in total. The maximum absolute atomic E-state index is 12.5. The minimum atomic E-state index is -0.222. The van der Waals surface area contributed by atoms with Gasteiger partial charge in [0.05, 0.1) is 17.9 Å². The molecular weight excluding hydrogens is 304 g/mol. The van der Waals surface area contributed by atoms with Crippen molar-refractivity contribution in [2.75, 3.05) is 0 Å². The highest BCUT2D eigenvalue weighted by atomic mass is 16.5. The van der Waals surface area contributed by atoms with Crippen LogP contribution >= 0.6 is 0 Å².